The first kappa shape index (κ1) is 28.6. The van der Waals surface area contributed by atoms with Gasteiger partial charge in [-0.2, -0.15) is 23.4 Å². The third kappa shape index (κ3) is 5.49. The minimum Gasteiger partial charge on any atom is -0.382 e. The maximum Gasteiger partial charge on any atom is 0.408 e. The molecule has 13 heteroatoms. The smallest absolute Gasteiger partial charge is 0.382 e. The summed E-state index contributed by atoms with van der Waals surface area (Å²) < 4.78 is 41.4. The average Bonchev–Trinajstić information content (AvgIpc) is 3.28. The van der Waals surface area contributed by atoms with Gasteiger partial charge in [-0.05, 0) is 31.0 Å². The number of alkyl halides is 3. The Hall–Kier alpha value is -4.42. The van der Waals surface area contributed by atoms with Crippen LogP contribution in [0.5, 0.6) is 0 Å². The van der Waals surface area contributed by atoms with Crippen LogP contribution >= 0.6 is 0 Å². The summed E-state index contributed by atoms with van der Waals surface area (Å²) in [5, 5.41) is 8.91. The fourth-order valence-corrected chi connectivity index (χ4v) is 4.99. The van der Waals surface area contributed by atoms with E-state index in [2.05, 4.69) is 21.8 Å². The first-order valence-corrected chi connectivity index (χ1v) is 12.7. The van der Waals surface area contributed by atoms with E-state index in [1.54, 1.807) is 40.1 Å². The third-order valence-electron chi connectivity index (χ3n) is 6.70. The lowest BCUT2D eigenvalue weighted by Crippen LogP contribution is -2.60. The number of hydrazone groups is 1. The third-order valence-corrected chi connectivity index (χ3v) is 6.70. The Bertz CT molecular complexity index is 1480. The largest absolute Gasteiger partial charge is 0.408 e. The maximum atomic E-state index is 13.5. The lowest BCUT2D eigenvalue weighted by molar-refractivity contribution is -0.141. The van der Waals surface area contributed by atoms with Crippen molar-refractivity contribution in [1.29, 1.82) is 0 Å². The number of carbonyl (C=O) groups excluding carboxylic acids is 2. The van der Waals surface area contributed by atoms with E-state index in [-0.39, 0.29) is 40.3 Å². The normalized spacial score (nSPS) is 16.4. The minimum absolute atomic E-state index is 0.0351. The van der Waals surface area contributed by atoms with Crippen LogP contribution in [0.25, 0.3) is 22.5 Å². The van der Waals surface area contributed by atoms with E-state index < -0.39 is 18.8 Å². The van der Waals surface area contributed by atoms with Crippen molar-refractivity contribution in [2.75, 3.05) is 30.3 Å². The highest BCUT2D eigenvalue weighted by Gasteiger charge is 2.39. The molecule has 40 heavy (non-hydrogen) atoms. The molecule has 1 aromatic carbocycles. The van der Waals surface area contributed by atoms with Crippen LogP contribution in [0.4, 0.5) is 24.7 Å². The summed E-state index contributed by atoms with van der Waals surface area (Å²) in [5.74, 6) is -0.376. The monoisotopic (exact) mass is 556 g/mol. The highest BCUT2D eigenvalue weighted by Crippen LogP contribution is 2.35. The molecule has 1 aliphatic rings. The van der Waals surface area contributed by atoms with E-state index in [0.29, 0.717) is 30.0 Å². The van der Waals surface area contributed by atoms with Crippen molar-refractivity contribution in [1.82, 2.24) is 24.5 Å². The molecular weight excluding hydrogens is 525 g/mol. The van der Waals surface area contributed by atoms with Gasteiger partial charge in [0.2, 0.25) is 11.8 Å². The number of rotatable bonds is 7. The maximum absolute atomic E-state index is 13.5. The number of hydrogen-bond acceptors (Lipinski definition) is 7. The predicted octanol–water partition coefficient (Wildman–Crippen LogP) is 4.04. The van der Waals surface area contributed by atoms with E-state index in [1.165, 1.54) is 30.9 Å². The van der Waals surface area contributed by atoms with Crippen LogP contribution in [0.15, 0.2) is 48.3 Å². The molecule has 2 amide bonds. The molecule has 0 bridgehead atoms. The number of piperazine rings is 1. The molecule has 3 heterocycles. The van der Waals surface area contributed by atoms with Crippen LogP contribution in [-0.2, 0) is 9.59 Å². The van der Waals surface area contributed by atoms with Crippen LogP contribution in [-0.4, -0.2) is 74.4 Å². The number of nitrogens with zero attached hydrogens (tertiary/aromatic N) is 7. The van der Waals surface area contributed by atoms with Gasteiger partial charge in [0, 0.05) is 43.0 Å². The fourth-order valence-electron chi connectivity index (χ4n) is 4.99. The van der Waals surface area contributed by atoms with Gasteiger partial charge in [-0.3, -0.25) is 14.6 Å². The summed E-state index contributed by atoms with van der Waals surface area (Å²) in [6.45, 7) is 9.99. The van der Waals surface area contributed by atoms with Crippen molar-refractivity contribution in [2.24, 2.45) is 11.0 Å². The molecule has 1 fully saturated rings. The van der Waals surface area contributed by atoms with Gasteiger partial charge in [-0.25, -0.2) is 9.50 Å². The second-order valence-corrected chi connectivity index (χ2v) is 9.78. The number of carbonyl (C=O) groups is 2. The van der Waals surface area contributed by atoms with Crippen LogP contribution in [0, 0.1) is 5.92 Å². The Labute approximate surface area is 229 Å². The van der Waals surface area contributed by atoms with E-state index in [1.807, 2.05) is 13.8 Å². The molecular formula is C27H31F3N8O2. The Kier molecular flexibility index (Phi) is 7.85. The molecule has 3 aromatic rings. The zero-order valence-corrected chi connectivity index (χ0v) is 22.7. The number of benzene rings is 1. The zero-order valence-electron chi connectivity index (χ0n) is 22.7. The number of fused-ring (bicyclic) bond motifs is 1. The summed E-state index contributed by atoms with van der Waals surface area (Å²) in [5.41, 5.74) is 8.43. The van der Waals surface area contributed by atoms with Crippen molar-refractivity contribution < 1.29 is 22.8 Å². The molecule has 0 spiro atoms. The second-order valence-electron chi connectivity index (χ2n) is 9.78. The number of halogens is 3. The molecule has 2 N–H and O–H groups in total. The highest BCUT2D eigenvalue weighted by atomic mass is 19.4. The number of amides is 2. The molecule has 212 valence electrons. The zero-order chi connectivity index (χ0) is 29.4. The summed E-state index contributed by atoms with van der Waals surface area (Å²) in [4.78, 5) is 32.9. The van der Waals surface area contributed by atoms with Crippen molar-refractivity contribution in [3.8, 4) is 11.3 Å². The highest BCUT2D eigenvalue weighted by molar-refractivity contribution is 6.01. The van der Waals surface area contributed by atoms with Crippen LogP contribution in [0.2, 0.25) is 0 Å². The Morgan fingerprint density at radius 2 is 2.02 bits per heavy atom. The molecule has 1 saturated heterocycles. The quantitative estimate of drug-likeness (QED) is 0.347. The molecule has 2 aromatic heterocycles. The lowest BCUT2D eigenvalue weighted by Gasteiger charge is -2.42. The van der Waals surface area contributed by atoms with Crippen molar-refractivity contribution in [3.05, 3.63) is 48.8 Å². The molecule has 4 rings (SSSR count). The van der Waals surface area contributed by atoms with Crippen molar-refractivity contribution >= 4 is 40.7 Å². The van der Waals surface area contributed by atoms with Gasteiger partial charge >= 0.3 is 6.18 Å². The SMILES string of the molecule is C=C(c1cc(-c2cccc(N3CCN(C(C)=O)C(C(C)C)C3=O)c2)n2ncnc(N)c12)N(CC(F)(F)F)/N=C\C. The van der Waals surface area contributed by atoms with Crippen molar-refractivity contribution in [2.45, 2.75) is 39.9 Å². The Morgan fingerprint density at radius 3 is 2.65 bits per heavy atom. The molecule has 0 saturated carbocycles. The number of aromatic nitrogens is 3. The van der Waals surface area contributed by atoms with Gasteiger partial charge in [-0.1, -0.05) is 32.6 Å². The molecule has 1 unspecified atom stereocenters. The topological polar surface area (TPSA) is 112 Å². The second kappa shape index (κ2) is 11.0. The van der Waals surface area contributed by atoms with Crippen molar-refractivity contribution in [3.63, 3.8) is 0 Å². The lowest BCUT2D eigenvalue weighted by atomic mass is 9.97. The molecule has 1 atom stereocenters. The van der Waals surface area contributed by atoms with Crippen LogP contribution in [0.1, 0.15) is 33.3 Å². The summed E-state index contributed by atoms with van der Waals surface area (Å²) in [7, 11) is 0. The van der Waals surface area contributed by atoms with E-state index in [4.69, 9.17) is 5.73 Å². The minimum atomic E-state index is -4.53. The fraction of sp³-hybridized carbons (Fsp3) is 0.370. The number of nitrogen functional groups attached to an aromatic ring is 1. The van der Waals surface area contributed by atoms with Gasteiger partial charge in [0.05, 0.1) is 11.4 Å². The van der Waals surface area contributed by atoms with E-state index in [0.717, 1.165) is 5.01 Å². The first-order valence-electron chi connectivity index (χ1n) is 12.7. The molecule has 10 nitrogen and oxygen atoms in total. The summed E-state index contributed by atoms with van der Waals surface area (Å²) in [6.07, 6.45) is -2.04. The predicted molar refractivity (Wildman–Crippen MR) is 147 cm³/mol. The van der Waals surface area contributed by atoms with E-state index >= 15 is 0 Å². The number of anilines is 2. The van der Waals surface area contributed by atoms with Crippen LogP contribution < -0.4 is 10.6 Å². The van der Waals surface area contributed by atoms with E-state index in [9.17, 15) is 22.8 Å². The van der Waals surface area contributed by atoms with Gasteiger partial charge in [0.15, 0.2) is 5.82 Å². The first-order chi connectivity index (χ1) is 18.8. The van der Waals surface area contributed by atoms with Gasteiger partial charge in [-0.15, -0.1) is 0 Å². The number of nitrogens with two attached hydrogens (primary N) is 1. The number of hydrogen-bond donors (Lipinski definition) is 1. The molecule has 0 aliphatic carbocycles. The standard InChI is InChI=1S/C27H31F3N8O2/c1-6-33-37(14-27(28,29)30)17(4)21-13-22(38-24(21)25(31)32-15-34-38)19-8-7-9-20(12-19)36-11-10-35(18(5)39)23(16(2)3)26(36)40/h6-9,12-13,15-16,23H,4,10-11,14H2,1-3,5H3,(H2,31,32,34)/b33-6-. The Balaban J connectivity index is 1.79. The molecule has 1 aliphatic heterocycles. The summed E-state index contributed by atoms with van der Waals surface area (Å²) >= 11 is 0. The Morgan fingerprint density at radius 1 is 1.30 bits per heavy atom. The van der Waals surface area contributed by atoms with Gasteiger partial charge < -0.3 is 15.5 Å². The van der Waals surface area contributed by atoms with Crippen LogP contribution in [0.3, 0.4) is 0 Å². The molecule has 0 radical (unpaired) electrons. The average molecular weight is 557 g/mol. The summed E-state index contributed by atoms with van der Waals surface area (Å²) in [6, 6.07) is 8.19. The van der Waals surface area contributed by atoms with Gasteiger partial charge in [0.1, 0.15) is 24.4 Å². The van der Waals surface area contributed by atoms with Gasteiger partial charge in [0.25, 0.3) is 0 Å².